The zero-order chi connectivity index (χ0) is 38.5. The Morgan fingerprint density at radius 3 is 2.04 bits per heavy atom. The van der Waals surface area contributed by atoms with Gasteiger partial charge in [0.15, 0.2) is 0 Å². The predicted molar refractivity (Wildman–Crippen MR) is 208 cm³/mol. The van der Waals surface area contributed by atoms with Gasteiger partial charge in [-0.15, -0.1) is 0 Å². The summed E-state index contributed by atoms with van der Waals surface area (Å²) in [6, 6.07) is 19.1. The number of aromatic amines is 1. The number of phenolic OH excluding ortho intramolecular Hbond substituents is 1. The van der Waals surface area contributed by atoms with Crippen LogP contribution in [-0.2, 0) is 42.6 Å². The van der Waals surface area contributed by atoms with Gasteiger partial charge in [-0.05, 0) is 53.1 Å². The first-order chi connectivity index (χ1) is 25.3. The van der Waals surface area contributed by atoms with E-state index in [1.54, 1.807) is 32.2 Å². The largest absolute Gasteiger partial charge is 0.508 e. The average molecular weight is 743 g/mol. The van der Waals surface area contributed by atoms with Crippen LogP contribution in [0, 0.1) is 11.8 Å². The van der Waals surface area contributed by atoms with Crippen molar-refractivity contribution in [2.24, 2.45) is 17.6 Å². The van der Waals surface area contributed by atoms with Crippen LogP contribution in [0.3, 0.4) is 0 Å². The quantitative estimate of drug-likeness (QED) is 0.0801. The number of nitrogens with two attached hydrogens (primary N) is 1. The van der Waals surface area contributed by atoms with Crippen LogP contribution >= 0.6 is 11.8 Å². The van der Waals surface area contributed by atoms with E-state index < -0.39 is 47.8 Å². The number of rotatable bonds is 18. The fraction of sp³-hybridized carbons (Fsp3) is 0.375. The molecule has 4 amide bonds. The van der Waals surface area contributed by atoms with Gasteiger partial charge in [-0.1, -0.05) is 100 Å². The van der Waals surface area contributed by atoms with Gasteiger partial charge in [-0.2, -0.15) is 0 Å². The van der Waals surface area contributed by atoms with E-state index in [0.717, 1.165) is 33.8 Å². The molecule has 0 bridgehead atoms. The molecule has 0 radical (unpaired) electrons. The van der Waals surface area contributed by atoms with Crippen molar-refractivity contribution in [2.75, 3.05) is 6.54 Å². The summed E-state index contributed by atoms with van der Waals surface area (Å²) in [5, 5.41) is 21.6. The molecule has 8 N–H and O–H groups in total. The number of hydrogen-bond acceptors (Lipinski definition) is 8. The smallest absolute Gasteiger partial charge is 0.243 e. The van der Waals surface area contributed by atoms with Crippen molar-refractivity contribution in [3.8, 4) is 5.75 Å². The van der Waals surface area contributed by atoms with E-state index in [4.69, 9.17) is 5.73 Å². The van der Waals surface area contributed by atoms with E-state index in [0.29, 0.717) is 17.7 Å². The second-order valence-electron chi connectivity index (χ2n) is 13.9. The number of carbonyl (C=O) groups excluding carboxylic acids is 5. The van der Waals surface area contributed by atoms with Crippen LogP contribution in [0.2, 0.25) is 0 Å². The van der Waals surface area contributed by atoms with Crippen molar-refractivity contribution in [1.82, 2.24) is 26.3 Å². The number of benzene rings is 3. The number of nitrogens with one attached hydrogen (secondary N) is 5. The molecule has 12 nitrogen and oxygen atoms in total. The van der Waals surface area contributed by atoms with Gasteiger partial charge in [-0.25, -0.2) is 0 Å². The summed E-state index contributed by atoms with van der Waals surface area (Å²) in [5.41, 5.74) is 9.46. The Morgan fingerprint density at radius 2 is 1.36 bits per heavy atom. The van der Waals surface area contributed by atoms with Crippen molar-refractivity contribution in [3.63, 3.8) is 0 Å². The minimum atomic E-state index is -1.18. The van der Waals surface area contributed by atoms with Crippen LogP contribution in [-0.4, -0.2) is 69.5 Å². The molecule has 282 valence electrons. The Bertz CT molecular complexity index is 1850. The molecular weight excluding hydrogens is 693 g/mol. The number of H-pyrrole nitrogens is 1. The van der Waals surface area contributed by atoms with E-state index in [9.17, 15) is 29.1 Å². The molecule has 1 heterocycles. The van der Waals surface area contributed by atoms with Crippen LogP contribution in [0.4, 0.5) is 0 Å². The lowest BCUT2D eigenvalue weighted by atomic mass is 9.99. The summed E-state index contributed by atoms with van der Waals surface area (Å²) in [7, 11) is 0. The van der Waals surface area contributed by atoms with Crippen LogP contribution in [0.25, 0.3) is 10.9 Å². The molecule has 1 aromatic heterocycles. The summed E-state index contributed by atoms with van der Waals surface area (Å²) in [6.45, 7) is 7.19. The molecule has 4 rings (SSSR count). The number of para-hydroxylation sites is 1. The van der Waals surface area contributed by atoms with E-state index in [-0.39, 0.29) is 42.1 Å². The van der Waals surface area contributed by atoms with Gasteiger partial charge >= 0.3 is 0 Å². The van der Waals surface area contributed by atoms with Crippen molar-refractivity contribution < 1.29 is 29.1 Å². The molecular formula is C40H50N6O6S. The van der Waals surface area contributed by atoms with Crippen molar-refractivity contribution >= 4 is 51.4 Å². The Balaban J connectivity index is 1.52. The van der Waals surface area contributed by atoms with Gasteiger partial charge < -0.3 is 37.1 Å². The lowest BCUT2D eigenvalue weighted by molar-refractivity contribution is -0.134. The molecule has 0 unspecified atom stereocenters. The van der Waals surface area contributed by atoms with E-state index in [1.807, 2.05) is 68.4 Å². The monoisotopic (exact) mass is 742 g/mol. The van der Waals surface area contributed by atoms with Gasteiger partial charge in [0.1, 0.15) is 23.9 Å². The van der Waals surface area contributed by atoms with Crippen LogP contribution < -0.4 is 27.0 Å². The molecule has 53 heavy (non-hydrogen) atoms. The first-order valence-corrected chi connectivity index (χ1v) is 18.8. The maximum Gasteiger partial charge on any atom is 0.243 e. The molecule has 4 aromatic rings. The van der Waals surface area contributed by atoms with E-state index in [1.165, 1.54) is 12.1 Å². The lowest BCUT2D eigenvalue weighted by Gasteiger charge is -2.27. The zero-order valence-electron chi connectivity index (χ0n) is 30.6. The third-order valence-electron chi connectivity index (χ3n) is 8.70. The van der Waals surface area contributed by atoms with Gasteiger partial charge in [-0.3, -0.25) is 24.0 Å². The van der Waals surface area contributed by atoms with Crippen molar-refractivity contribution in [2.45, 2.75) is 76.9 Å². The third kappa shape index (κ3) is 12.5. The molecule has 0 aliphatic rings. The molecule has 0 saturated heterocycles. The second kappa shape index (κ2) is 19.6. The number of fused-ring (bicyclic) bond motifs is 1. The van der Waals surface area contributed by atoms with Crippen LogP contribution in [0.15, 0.2) is 85.1 Å². The maximum absolute atomic E-state index is 14.1. The molecule has 0 fully saturated rings. The molecule has 4 atom stereocenters. The summed E-state index contributed by atoms with van der Waals surface area (Å²) >= 11 is 1.09. The van der Waals surface area contributed by atoms with Crippen LogP contribution in [0.5, 0.6) is 5.75 Å². The first kappa shape index (κ1) is 40.6. The number of carbonyl (C=O) groups is 5. The van der Waals surface area contributed by atoms with E-state index >= 15 is 0 Å². The number of phenols is 1. The average Bonchev–Trinajstić information content (AvgIpc) is 3.54. The summed E-state index contributed by atoms with van der Waals surface area (Å²) in [4.78, 5) is 70.5. The van der Waals surface area contributed by atoms with Crippen molar-refractivity contribution in [1.29, 1.82) is 0 Å². The van der Waals surface area contributed by atoms with Gasteiger partial charge in [0.25, 0.3) is 0 Å². The number of thioether (sulfide) groups is 1. The molecule has 13 heteroatoms. The topological polar surface area (TPSA) is 196 Å². The Morgan fingerprint density at radius 1 is 0.736 bits per heavy atom. The highest BCUT2D eigenvalue weighted by molar-refractivity contribution is 8.13. The Labute approximate surface area is 314 Å². The standard InChI is InChI=1S/C40H50N6O6S/c1-24(2)18-31(41)37(49)44-34(20-28-21-42-32-13-9-8-12-30(28)32)38(50)45-33(19-26-14-16-29(47)17-15-26)39(51)46-36(25(3)4)40(52)43-22-35(48)53-23-27-10-6-5-7-11-27/h5-17,21,24-25,31,33-34,36,42,47H,18-20,22-23,41H2,1-4H3,(H,43,52)(H,44,49)(H,45,50)(H,46,51)/t31-,33-,34-,36-/m0/s1. The second-order valence-corrected chi connectivity index (χ2v) is 14.9. The molecule has 3 aromatic carbocycles. The fourth-order valence-corrected chi connectivity index (χ4v) is 6.51. The number of hydrogen-bond donors (Lipinski definition) is 7. The number of amides is 4. The molecule has 0 aliphatic carbocycles. The highest BCUT2D eigenvalue weighted by atomic mass is 32.2. The Kier molecular flexibility index (Phi) is 15.0. The van der Waals surface area contributed by atoms with Crippen molar-refractivity contribution in [3.05, 3.63) is 102 Å². The summed E-state index contributed by atoms with van der Waals surface area (Å²) in [6.07, 6.45) is 2.31. The minimum Gasteiger partial charge on any atom is -0.508 e. The lowest BCUT2D eigenvalue weighted by Crippen LogP contribution is -2.59. The SMILES string of the molecule is CC(C)C[C@H](N)C(=O)N[C@@H](Cc1c[nH]c2ccccc12)C(=O)N[C@@H](Cc1ccc(O)cc1)C(=O)N[C@H](C(=O)NCC(=O)SCc1ccccc1)C(C)C. The van der Waals surface area contributed by atoms with Gasteiger partial charge in [0, 0.05) is 35.7 Å². The third-order valence-corrected chi connectivity index (χ3v) is 9.64. The number of aromatic hydroxyl groups is 1. The van der Waals surface area contributed by atoms with Gasteiger partial charge in [0.05, 0.1) is 12.6 Å². The highest BCUT2D eigenvalue weighted by Gasteiger charge is 2.32. The summed E-state index contributed by atoms with van der Waals surface area (Å²) < 4.78 is 0. The Hall–Kier alpha value is -5.14. The molecule has 0 spiro atoms. The normalized spacial score (nSPS) is 13.6. The van der Waals surface area contributed by atoms with E-state index in [2.05, 4.69) is 26.3 Å². The summed E-state index contributed by atoms with van der Waals surface area (Å²) in [5.74, 6) is -2.02. The predicted octanol–water partition coefficient (Wildman–Crippen LogP) is 3.72. The zero-order valence-corrected chi connectivity index (χ0v) is 31.4. The molecule has 0 aliphatic heterocycles. The fourth-order valence-electron chi connectivity index (χ4n) is 5.82. The maximum atomic E-state index is 14.1. The minimum absolute atomic E-state index is 0.0134. The molecule has 0 saturated carbocycles. The first-order valence-electron chi connectivity index (χ1n) is 17.8. The highest BCUT2D eigenvalue weighted by Crippen LogP contribution is 2.20. The van der Waals surface area contributed by atoms with Crippen LogP contribution in [0.1, 0.15) is 50.8 Å². The van der Waals surface area contributed by atoms with Gasteiger partial charge in [0.2, 0.25) is 28.7 Å². The number of aromatic nitrogens is 1.